The van der Waals surface area contributed by atoms with Crippen molar-refractivity contribution in [2.24, 2.45) is 0 Å². The summed E-state index contributed by atoms with van der Waals surface area (Å²) in [5.74, 6) is 0. The van der Waals surface area contributed by atoms with Gasteiger partial charge in [0.2, 0.25) is 0 Å². The van der Waals surface area contributed by atoms with Gasteiger partial charge in [0.25, 0.3) is 0 Å². The van der Waals surface area contributed by atoms with Crippen LogP contribution in [0.1, 0.15) is 0 Å². The van der Waals surface area contributed by atoms with Crippen molar-refractivity contribution in [3.63, 3.8) is 0 Å². The van der Waals surface area contributed by atoms with E-state index in [4.69, 9.17) is 22.1 Å². The summed E-state index contributed by atoms with van der Waals surface area (Å²) in [6.07, 6.45) is 0. The molecule has 1 aromatic carbocycles. The summed E-state index contributed by atoms with van der Waals surface area (Å²) < 4.78 is 5.25. The van der Waals surface area contributed by atoms with E-state index in [1.165, 1.54) is 0 Å². The van der Waals surface area contributed by atoms with Gasteiger partial charge in [-0.15, -0.1) is 0 Å². The number of benzene rings is 1. The normalized spacial score (nSPS) is 17.7. The highest BCUT2D eigenvalue weighted by atomic mass is 35.5. The number of anilines is 2. The van der Waals surface area contributed by atoms with Gasteiger partial charge in [0, 0.05) is 13.1 Å². The second kappa shape index (κ2) is 4.70. The summed E-state index contributed by atoms with van der Waals surface area (Å²) in [4.78, 5) is 0. The average Bonchev–Trinajstić information content (AvgIpc) is 2.25. The maximum Gasteiger partial charge on any atom is 0.0909 e. The number of morpholine rings is 1. The first-order valence-corrected chi connectivity index (χ1v) is 5.28. The van der Waals surface area contributed by atoms with Crippen molar-refractivity contribution in [3.8, 4) is 0 Å². The molecule has 0 radical (unpaired) electrons. The lowest BCUT2D eigenvalue weighted by Crippen LogP contribution is -2.40. The fourth-order valence-corrected chi connectivity index (χ4v) is 1.72. The van der Waals surface area contributed by atoms with Crippen molar-refractivity contribution < 1.29 is 4.74 Å². The molecule has 0 aromatic heterocycles. The number of nitrogens with one attached hydrogen (secondary N) is 1. The number of ether oxygens (including phenoxy) is 1. The topological polar surface area (TPSA) is 50.5 Å². The number of nitrogens with two attached hydrogens (primary N) is 1. The van der Waals surface area contributed by atoms with Crippen LogP contribution in [0.5, 0.6) is 0 Å². The van der Waals surface area contributed by atoms with Gasteiger partial charge in [-0.25, -0.2) is 5.01 Å². The number of hydrazine groups is 1. The van der Waals surface area contributed by atoms with Gasteiger partial charge in [-0.3, -0.25) is 0 Å². The van der Waals surface area contributed by atoms with E-state index in [2.05, 4.69) is 10.4 Å². The lowest BCUT2D eigenvalue weighted by Gasteiger charge is -2.28. The van der Waals surface area contributed by atoms with Crippen molar-refractivity contribution in [1.82, 2.24) is 5.01 Å². The molecule has 15 heavy (non-hydrogen) atoms. The van der Waals surface area contributed by atoms with Gasteiger partial charge in [-0.05, 0) is 12.1 Å². The molecule has 5 heteroatoms. The van der Waals surface area contributed by atoms with Crippen molar-refractivity contribution in [3.05, 3.63) is 23.2 Å². The van der Waals surface area contributed by atoms with E-state index in [9.17, 15) is 0 Å². The first-order chi connectivity index (χ1) is 7.27. The molecule has 1 saturated heterocycles. The molecular weight excluding hydrogens is 214 g/mol. The number of rotatable bonds is 2. The average molecular weight is 228 g/mol. The molecule has 1 aliphatic rings. The Morgan fingerprint density at radius 1 is 1.33 bits per heavy atom. The van der Waals surface area contributed by atoms with E-state index < -0.39 is 0 Å². The number of nitrogens with zero attached hydrogens (tertiary/aromatic N) is 1. The van der Waals surface area contributed by atoms with Gasteiger partial charge < -0.3 is 15.9 Å². The van der Waals surface area contributed by atoms with E-state index >= 15 is 0 Å². The minimum Gasteiger partial charge on any atom is -0.397 e. The van der Waals surface area contributed by atoms with Crippen LogP contribution in [-0.4, -0.2) is 31.3 Å². The number of halogens is 1. The van der Waals surface area contributed by atoms with E-state index in [1.807, 2.05) is 18.2 Å². The summed E-state index contributed by atoms with van der Waals surface area (Å²) in [7, 11) is 0. The Morgan fingerprint density at radius 3 is 2.73 bits per heavy atom. The van der Waals surface area contributed by atoms with Gasteiger partial charge in [0.05, 0.1) is 29.6 Å². The Labute approximate surface area is 93.9 Å². The highest BCUT2D eigenvalue weighted by molar-refractivity contribution is 6.33. The van der Waals surface area contributed by atoms with Gasteiger partial charge in [0.15, 0.2) is 0 Å². The molecule has 0 saturated carbocycles. The molecule has 1 aromatic rings. The van der Waals surface area contributed by atoms with Crippen molar-refractivity contribution in [2.45, 2.75) is 0 Å². The fraction of sp³-hybridized carbons (Fsp3) is 0.400. The second-order valence-corrected chi connectivity index (χ2v) is 3.82. The smallest absolute Gasteiger partial charge is 0.0909 e. The Hall–Kier alpha value is -0.970. The van der Waals surface area contributed by atoms with Crippen LogP contribution in [0, 0.1) is 0 Å². The van der Waals surface area contributed by atoms with Crippen LogP contribution in [0.4, 0.5) is 11.4 Å². The molecule has 0 bridgehead atoms. The number of nitrogen functional groups attached to an aromatic ring is 1. The predicted molar refractivity (Wildman–Crippen MR) is 61.9 cm³/mol. The van der Waals surface area contributed by atoms with Gasteiger partial charge >= 0.3 is 0 Å². The molecule has 0 spiro atoms. The molecule has 82 valence electrons. The predicted octanol–water partition coefficient (Wildman–Crippen LogP) is 1.58. The third-order valence-electron chi connectivity index (χ3n) is 2.33. The van der Waals surface area contributed by atoms with Crippen LogP contribution in [0.3, 0.4) is 0 Å². The van der Waals surface area contributed by atoms with E-state index in [0.29, 0.717) is 10.7 Å². The third-order valence-corrected chi connectivity index (χ3v) is 2.64. The van der Waals surface area contributed by atoms with Crippen molar-refractivity contribution in [1.29, 1.82) is 0 Å². The zero-order valence-electron chi connectivity index (χ0n) is 8.37. The molecule has 1 fully saturated rings. The Kier molecular flexibility index (Phi) is 3.30. The largest absolute Gasteiger partial charge is 0.397 e. The minimum atomic E-state index is 0.640. The molecule has 1 heterocycles. The Bertz CT molecular complexity index is 319. The van der Waals surface area contributed by atoms with Gasteiger partial charge in [-0.2, -0.15) is 0 Å². The maximum absolute atomic E-state index is 6.05. The van der Waals surface area contributed by atoms with Crippen LogP contribution in [-0.2, 0) is 4.74 Å². The standard InChI is InChI=1S/C10H14ClN3O/c11-8-2-1-3-9(12)10(8)13-14-4-6-15-7-5-14/h1-3,13H,4-7,12H2. The zero-order chi connectivity index (χ0) is 10.7. The summed E-state index contributed by atoms with van der Waals surface area (Å²) in [6, 6.07) is 5.48. The Balaban J connectivity index is 2.09. The summed E-state index contributed by atoms with van der Waals surface area (Å²) in [5.41, 5.74) is 10.5. The number of hydrogen-bond donors (Lipinski definition) is 2. The monoisotopic (exact) mass is 227 g/mol. The molecular formula is C10H14ClN3O. The molecule has 3 N–H and O–H groups in total. The van der Waals surface area contributed by atoms with Gasteiger partial charge in [-0.1, -0.05) is 17.7 Å². The minimum absolute atomic E-state index is 0.640. The summed E-state index contributed by atoms with van der Waals surface area (Å²) in [5, 5.41) is 2.70. The van der Waals surface area contributed by atoms with Crippen LogP contribution < -0.4 is 11.2 Å². The molecule has 4 nitrogen and oxygen atoms in total. The van der Waals surface area contributed by atoms with Crippen LogP contribution >= 0.6 is 11.6 Å². The summed E-state index contributed by atoms with van der Waals surface area (Å²) in [6.45, 7) is 3.14. The van der Waals surface area contributed by atoms with Crippen LogP contribution in [0.25, 0.3) is 0 Å². The Morgan fingerprint density at radius 2 is 2.07 bits per heavy atom. The zero-order valence-corrected chi connectivity index (χ0v) is 9.13. The lowest BCUT2D eigenvalue weighted by atomic mass is 10.3. The molecule has 1 aliphatic heterocycles. The lowest BCUT2D eigenvalue weighted by molar-refractivity contribution is 0.0497. The quantitative estimate of drug-likeness (QED) is 0.754. The van der Waals surface area contributed by atoms with Gasteiger partial charge in [0.1, 0.15) is 0 Å². The van der Waals surface area contributed by atoms with E-state index in [-0.39, 0.29) is 0 Å². The van der Waals surface area contributed by atoms with Crippen molar-refractivity contribution >= 4 is 23.0 Å². The maximum atomic E-state index is 6.05. The van der Waals surface area contributed by atoms with Crippen molar-refractivity contribution in [2.75, 3.05) is 37.5 Å². The fourth-order valence-electron chi connectivity index (χ4n) is 1.49. The highest BCUT2D eigenvalue weighted by Crippen LogP contribution is 2.28. The molecule has 0 aliphatic carbocycles. The first kappa shape index (κ1) is 10.5. The van der Waals surface area contributed by atoms with E-state index in [0.717, 1.165) is 32.0 Å². The van der Waals surface area contributed by atoms with Crippen LogP contribution in [0.2, 0.25) is 5.02 Å². The molecule has 0 amide bonds. The number of hydrogen-bond acceptors (Lipinski definition) is 4. The summed E-state index contributed by atoms with van der Waals surface area (Å²) >= 11 is 6.05. The third kappa shape index (κ3) is 2.53. The highest BCUT2D eigenvalue weighted by Gasteiger charge is 2.12. The number of para-hydroxylation sites is 1. The SMILES string of the molecule is Nc1cccc(Cl)c1NN1CCOCC1. The second-order valence-electron chi connectivity index (χ2n) is 3.42. The molecule has 0 atom stereocenters. The first-order valence-electron chi connectivity index (χ1n) is 4.91. The molecule has 2 rings (SSSR count). The molecule has 0 unspecified atom stereocenters. The van der Waals surface area contributed by atoms with E-state index in [1.54, 1.807) is 0 Å². The van der Waals surface area contributed by atoms with Crippen LogP contribution in [0.15, 0.2) is 18.2 Å².